The van der Waals surface area contributed by atoms with Crippen LogP contribution in [0.2, 0.25) is 0 Å². The Morgan fingerprint density at radius 1 is 0.464 bits per heavy atom. The predicted molar refractivity (Wildman–Crippen MR) is 324 cm³/mol. The van der Waals surface area contributed by atoms with E-state index in [0.29, 0.717) is 6.42 Å². The standard InChI is InChI=1S/C61H109N11O12/c1-24-26-27-39(15)51(74)49-55(78)64-42(25-2)58(81)67(18)32-47(73)68(19)43(28-33(3)4)54(77)65-48(37(11)12)61(84)69(20)44(29-34(5)6)53(76)62-40(16)52(75)63-41(17)57(80)70(21)45(30-35(7)8)59(82)71(22)46(31-36(9)10)60(83)72(23)50(38(13)14)56(79)66-49/h24,26,33-46,48-51,74H,25,27-32H2,1-23H3,(H,62,76)(H,63,75)(H,64,78)(H,65,77)(H,66,79)/b26-24+/t39-,40+,41-,42-,43+,44-,45+,46+,48+,49+,50-,51-/m1/s1. The molecule has 6 N–H and O–H groups in total. The molecule has 0 spiro atoms. The number of aliphatic hydroxyl groups excluding tert-OH is 1. The number of likely N-dealkylation sites (N-methyl/N-ethyl adjacent to an activating group) is 6. The van der Waals surface area contributed by atoms with E-state index in [-0.39, 0.29) is 55.8 Å². The molecule has 84 heavy (non-hydrogen) atoms. The highest BCUT2D eigenvalue weighted by molar-refractivity contribution is 5.99. The van der Waals surface area contributed by atoms with Crippen molar-refractivity contribution in [2.24, 2.45) is 41.4 Å². The Kier molecular flexibility index (Phi) is 31.4. The molecule has 0 saturated carbocycles. The molecule has 0 bridgehead atoms. The van der Waals surface area contributed by atoms with Crippen molar-refractivity contribution in [1.29, 1.82) is 0 Å². The Morgan fingerprint density at radius 2 is 0.881 bits per heavy atom. The highest BCUT2D eigenvalue weighted by atomic mass is 16.3. The number of hydrogen-bond acceptors (Lipinski definition) is 12. The molecule has 1 aliphatic rings. The third-order valence-corrected chi connectivity index (χ3v) is 15.7. The Bertz CT molecular complexity index is 2290. The highest BCUT2D eigenvalue weighted by Gasteiger charge is 2.44. The number of allylic oxidation sites excluding steroid dienone is 2. The zero-order chi connectivity index (χ0) is 65.1. The van der Waals surface area contributed by atoms with Gasteiger partial charge in [0.1, 0.15) is 60.4 Å². The maximum Gasteiger partial charge on any atom is 0.245 e. The van der Waals surface area contributed by atoms with Gasteiger partial charge in [-0.05, 0) is 101 Å². The number of aliphatic hydroxyl groups is 1. The van der Waals surface area contributed by atoms with Crippen LogP contribution in [0.4, 0.5) is 0 Å². The lowest BCUT2D eigenvalue weighted by Crippen LogP contribution is -2.63. The number of carbonyl (C=O) groups is 11. The van der Waals surface area contributed by atoms with Gasteiger partial charge in [0.15, 0.2) is 0 Å². The van der Waals surface area contributed by atoms with Crippen LogP contribution in [-0.2, 0) is 52.7 Å². The first kappa shape index (κ1) is 75.9. The van der Waals surface area contributed by atoms with E-state index in [1.165, 1.54) is 80.6 Å². The van der Waals surface area contributed by atoms with Crippen molar-refractivity contribution in [3.05, 3.63) is 12.2 Å². The average molecular weight is 1190 g/mol. The second kappa shape index (κ2) is 34.7. The van der Waals surface area contributed by atoms with Gasteiger partial charge >= 0.3 is 0 Å². The summed E-state index contributed by atoms with van der Waals surface area (Å²) < 4.78 is 0. The van der Waals surface area contributed by atoms with Crippen molar-refractivity contribution in [2.75, 3.05) is 48.8 Å². The topological polar surface area (TPSA) is 288 Å². The first-order chi connectivity index (χ1) is 38.8. The lowest BCUT2D eigenvalue weighted by atomic mass is 9.92. The number of amides is 11. The van der Waals surface area contributed by atoms with Gasteiger partial charge in [-0.3, -0.25) is 52.7 Å². The van der Waals surface area contributed by atoms with Crippen LogP contribution in [0.25, 0.3) is 0 Å². The van der Waals surface area contributed by atoms with Crippen LogP contribution in [0, 0.1) is 41.4 Å². The molecule has 480 valence electrons. The van der Waals surface area contributed by atoms with Crippen LogP contribution < -0.4 is 26.6 Å². The zero-order valence-corrected chi connectivity index (χ0v) is 55.1. The molecule has 11 amide bonds. The van der Waals surface area contributed by atoms with E-state index in [9.17, 15) is 57.8 Å². The summed E-state index contributed by atoms with van der Waals surface area (Å²) in [5.74, 6) is -9.87. The van der Waals surface area contributed by atoms with Crippen molar-refractivity contribution in [3.63, 3.8) is 0 Å². The minimum absolute atomic E-state index is 0.0192. The van der Waals surface area contributed by atoms with E-state index < -0.39 is 156 Å². The van der Waals surface area contributed by atoms with E-state index in [1.807, 2.05) is 55.4 Å². The van der Waals surface area contributed by atoms with E-state index in [2.05, 4.69) is 26.6 Å². The van der Waals surface area contributed by atoms with Crippen LogP contribution in [0.15, 0.2) is 12.2 Å². The highest BCUT2D eigenvalue weighted by Crippen LogP contribution is 2.24. The molecule has 1 aliphatic heterocycles. The van der Waals surface area contributed by atoms with Gasteiger partial charge in [-0.1, -0.05) is 109 Å². The molecular formula is C61H109N11O12. The van der Waals surface area contributed by atoms with Crippen molar-refractivity contribution >= 4 is 65.0 Å². The summed E-state index contributed by atoms with van der Waals surface area (Å²) in [7, 11) is 8.52. The zero-order valence-electron chi connectivity index (χ0n) is 55.1. The molecule has 23 heteroatoms. The van der Waals surface area contributed by atoms with Gasteiger partial charge in [-0.15, -0.1) is 0 Å². The Labute approximate surface area is 502 Å². The smallest absolute Gasteiger partial charge is 0.245 e. The molecule has 0 aromatic carbocycles. The summed E-state index contributed by atoms with van der Waals surface area (Å²) in [5, 5.41) is 25.5. The molecule has 1 heterocycles. The van der Waals surface area contributed by atoms with Gasteiger partial charge in [0, 0.05) is 42.3 Å². The molecular weight excluding hydrogens is 1080 g/mol. The molecule has 1 rings (SSSR count). The summed E-state index contributed by atoms with van der Waals surface area (Å²) in [6.45, 7) is 29.2. The molecule has 12 atom stereocenters. The predicted octanol–water partition coefficient (Wildman–Crippen LogP) is 2.93. The molecule has 0 aromatic rings. The third-order valence-electron chi connectivity index (χ3n) is 15.7. The Hall–Kier alpha value is -6.13. The summed E-state index contributed by atoms with van der Waals surface area (Å²) in [4.78, 5) is 166. The number of nitrogens with zero attached hydrogens (tertiary/aromatic N) is 6. The van der Waals surface area contributed by atoms with Gasteiger partial charge in [0.05, 0.1) is 12.6 Å². The van der Waals surface area contributed by atoms with Crippen LogP contribution in [0.3, 0.4) is 0 Å². The molecule has 0 unspecified atom stereocenters. The van der Waals surface area contributed by atoms with E-state index in [4.69, 9.17) is 0 Å². The van der Waals surface area contributed by atoms with E-state index in [0.717, 1.165) is 4.90 Å². The molecule has 1 saturated heterocycles. The van der Waals surface area contributed by atoms with Crippen LogP contribution in [0.1, 0.15) is 156 Å². The normalized spacial score (nSPS) is 27.0. The van der Waals surface area contributed by atoms with Crippen molar-refractivity contribution < 1.29 is 57.8 Å². The summed E-state index contributed by atoms with van der Waals surface area (Å²) in [5.41, 5.74) is 0. The largest absolute Gasteiger partial charge is 0.390 e. The monoisotopic (exact) mass is 1190 g/mol. The third kappa shape index (κ3) is 21.7. The van der Waals surface area contributed by atoms with Gasteiger partial charge in [-0.2, -0.15) is 0 Å². The Morgan fingerprint density at radius 3 is 1.33 bits per heavy atom. The molecule has 1 fully saturated rings. The minimum Gasteiger partial charge on any atom is -0.390 e. The van der Waals surface area contributed by atoms with Crippen molar-refractivity contribution in [2.45, 2.75) is 223 Å². The number of rotatable bonds is 15. The van der Waals surface area contributed by atoms with Gasteiger partial charge in [0.2, 0.25) is 65.0 Å². The molecule has 23 nitrogen and oxygen atoms in total. The molecule has 0 aliphatic carbocycles. The number of carbonyl (C=O) groups excluding carboxylic acids is 11. The van der Waals surface area contributed by atoms with Gasteiger partial charge < -0.3 is 61.1 Å². The first-order valence-electron chi connectivity index (χ1n) is 30.2. The number of hydrogen-bond donors (Lipinski definition) is 6. The lowest BCUT2D eigenvalue weighted by molar-refractivity contribution is -0.154. The van der Waals surface area contributed by atoms with E-state index in [1.54, 1.807) is 60.6 Å². The van der Waals surface area contributed by atoms with E-state index >= 15 is 0 Å². The molecule has 0 radical (unpaired) electrons. The minimum atomic E-state index is -1.66. The SMILES string of the molecule is C/C=C/C[C@@H](C)[C@@H](O)[C@@H]1NC(=O)[C@@H](C(C)C)N(C)C(=O)[C@H](CC(C)C)N(C)C(=O)[C@H](CC(C)C)N(C)C(=O)[C@@H](C)NC(=O)[C@H](C)NC(=O)[C@@H](CC(C)C)N(C)C(=O)[C@H](C(C)C)NC(=O)[C@H](CC(C)C)N(C)C(=O)CN(C)C(=O)[C@@H](CC)NC1=O. The van der Waals surface area contributed by atoms with Crippen molar-refractivity contribution in [1.82, 2.24) is 56.0 Å². The second-order valence-electron chi connectivity index (χ2n) is 25.7. The number of nitrogens with one attached hydrogen (secondary N) is 5. The van der Waals surface area contributed by atoms with Gasteiger partial charge in [-0.25, -0.2) is 0 Å². The fourth-order valence-corrected chi connectivity index (χ4v) is 10.4. The van der Waals surface area contributed by atoms with Crippen LogP contribution in [0.5, 0.6) is 0 Å². The lowest BCUT2D eigenvalue weighted by Gasteiger charge is -2.40. The first-order valence-corrected chi connectivity index (χ1v) is 30.2. The van der Waals surface area contributed by atoms with Crippen LogP contribution >= 0.6 is 0 Å². The van der Waals surface area contributed by atoms with Gasteiger partial charge in [0.25, 0.3) is 0 Å². The summed E-state index contributed by atoms with van der Waals surface area (Å²) in [6.07, 6.45) is 2.99. The fraction of sp³-hybridized carbons (Fsp3) is 0.787. The van der Waals surface area contributed by atoms with Crippen molar-refractivity contribution in [3.8, 4) is 0 Å². The summed E-state index contributed by atoms with van der Waals surface area (Å²) in [6, 6.07) is -12.4. The Balaban J connectivity index is 4.26. The average Bonchev–Trinajstić information content (AvgIpc) is 3.53. The summed E-state index contributed by atoms with van der Waals surface area (Å²) >= 11 is 0. The molecule has 0 aromatic heterocycles. The quantitative estimate of drug-likeness (QED) is 0.129. The van der Waals surface area contributed by atoms with Crippen LogP contribution in [-0.4, -0.2) is 215 Å². The second-order valence-corrected chi connectivity index (χ2v) is 25.7. The maximum atomic E-state index is 15.0. The fourth-order valence-electron chi connectivity index (χ4n) is 10.4. The maximum absolute atomic E-state index is 15.0.